The monoisotopic (exact) mass is 272 g/mol. The van der Waals surface area contributed by atoms with Gasteiger partial charge in [-0.05, 0) is 13.8 Å². The van der Waals surface area contributed by atoms with E-state index in [2.05, 4.69) is 20.3 Å². The Hall–Kier alpha value is 2.58. The summed E-state index contributed by atoms with van der Waals surface area (Å²) in [6.45, 7) is 6.20. The van der Waals surface area contributed by atoms with Crippen molar-refractivity contribution >= 4 is 11.9 Å². The van der Waals surface area contributed by atoms with Crippen molar-refractivity contribution < 1.29 is 130 Å². The zero-order chi connectivity index (χ0) is 11.1. The second-order valence-corrected chi connectivity index (χ2v) is 3.02. The number of rotatable bonds is 3. The SMILES string of the molecule is CC(C)(C(=O)[O-])C(=O)[O-].C[CH-]CC.[K+].[Na+].[Na+]. The molecule has 0 saturated heterocycles. The standard InChI is InChI=1S/C5H8O4.C4H9.K.2Na/c1-5(2,3(6)7)4(8)9;1-3-4-2;;;/h1-2H3,(H,6,7)(H,8,9);3H,4H2,1-2H3;;;/q;-1;3*+1/p-2. The molecule has 0 rings (SSSR count). The van der Waals surface area contributed by atoms with Gasteiger partial charge in [-0.3, -0.25) is 0 Å². The maximum absolute atomic E-state index is 9.93. The zero-order valence-electron chi connectivity index (χ0n) is 11.4. The van der Waals surface area contributed by atoms with E-state index in [1.165, 1.54) is 6.42 Å². The van der Waals surface area contributed by atoms with E-state index in [1.54, 1.807) is 0 Å². The third-order valence-electron chi connectivity index (χ3n) is 1.43. The summed E-state index contributed by atoms with van der Waals surface area (Å²) in [7, 11) is 0. The van der Waals surface area contributed by atoms with Crippen LogP contribution in [-0.4, -0.2) is 11.9 Å². The molecule has 0 spiro atoms. The second-order valence-electron chi connectivity index (χ2n) is 3.02. The van der Waals surface area contributed by atoms with E-state index in [0.717, 1.165) is 13.8 Å². The maximum Gasteiger partial charge on any atom is 1.00 e. The van der Waals surface area contributed by atoms with Gasteiger partial charge in [-0.1, -0.05) is 6.92 Å². The third-order valence-corrected chi connectivity index (χ3v) is 1.43. The van der Waals surface area contributed by atoms with Gasteiger partial charge >= 0.3 is 110 Å². The summed E-state index contributed by atoms with van der Waals surface area (Å²) in [5.74, 6) is -3.27. The molecule has 0 atom stereocenters. The molecule has 0 radical (unpaired) electrons. The Morgan fingerprint density at radius 1 is 1.12 bits per heavy atom. The first-order valence-corrected chi connectivity index (χ1v) is 4.01. The molecule has 0 aliphatic carbocycles. The summed E-state index contributed by atoms with van der Waals surface area (Å²) >= 11 is 0. The molecule has 0 aliphatic heterocycles. The number of unbranched alkanes of at least 4 members (excludes halogenated alkanes) is 1. The topological polar surface area (TPSA) is 80.3 Å². The van der Waals surface area contributed by atoms with Gasteiger partial charge < -0.3 is 26.2 Å². The Balaban J connectivity index is -0.0000000511. The number of hydrogen-bond acceptors (Lipinski definition) is 4. The van der Waals surface area contributed by atoms with E-state index in [1.807, 2.05) is 0 Å². The molecule has 0 aromatic carbocycles. The summed E-state index contributed by atoms with van der Waals surface area (Å²) in [6, 6.07) is 0. The van der Waals surface area contributed by atoms with Crippen LogP contribution in [0.3, 0.4) is 0 Å². The largest absolute Gasteiger partial charge is 1.00 e. The number of carboxylic acids is 2. The molecule has 16 heavy (non-hydrogen) atoms. The summed E-state index contributed by atoms with van der Waals surface area (Å²) in [5, 5.41) is 19.9. The fraction of sp³-hybridized carbons (Fsp3) is 0.667. The summed E-state index contributed by atoms with van der Waals surface area (Å²) in [5.41, 5.74) is -1.89. The molecule has 0 saturated carbocycles. The minimum atomic E-state index is -1.89. The molecule has 0 heterocycles. The molecule has 0 amide bonds. The normalized spacial score (nSPS) is 8.00. The van der Waals surface area contributed by atoms with Crippen LogP contribution in [0.1, 0.15) is 34.1 Å². The summed E-state index contributed by atoms with van der Waals surface area (Å²) < 4.78 is 0. The van der Waals surface area contributed by atoms with Crippen LogP contribution >= 0.6 is 0 Å². The Kier molecular flexibility index (Phi) is 34.2. The first kappa shape index (κ1) is 31.1. The van der Waals surface area contributed by atoms with Gasteiger partial charge in [0.05, 0.1) is 11.9 Å². The molecule has 0 aliphatic rings. The van der Waals surface area contributed by atoms with E-state index in [9.17, 15) is 19.8 Å². The van der Waals surface area contributed by atoms with E-state index >= 15 is 0 Å². The smallest absolute Gasteiger partial charge is 0.549 e. The van der Waals surface area contributed by atoms with Crippen LogP contribution in [0.25, 0.3) is 0 Å². The van der Waals surface area contributed by atoms with Crippen molar-refractivity contribution in [2.24, 2.45) is 5.41 Å². The van der Waals surface area contributed by atoms with E-state index in [-0.39, 0.29) is 110 Å². The maximum atomic E-state index is 9.93. The van der Waals surface area contributed by atoms with Crippen molar-refractivity contribution in [1.29, 1.82) is 0 Å². The zero-order valence-corrected chi connectivity index (χ0v) is 18.5. The predicted octanol–water partition coefficient (Wildman–Crippen LogP) is -9.86. The second kappa shape index (κ2) is 17.6. The molecule has 0 aromatic rings. The van der Waals surface area contributed by atoms with Gasteiger partial charge in [-0.25, -0.2) is 0 Å². The van der Waals surface area contributed by atoms with Crippen LogP contribution in [0.4, 0.5) is 0 Å². The Morgan fingerprint density at radius 2 is 1.31 bits per heavy atom. The van der Waals surface area contributed by atoms with Crippen molar-refractivity contribution in [2.75, 3.05) is 0 Å². The number of aliphatic carboxylic acids is 2. The van der Waals surface area contributed by atoms with Crippen molar-refractivity contribution in [3.8, 4) is 0 Å². The van der Waals surface area contributed by atoms with Crippen LogP contribution in [0, 0.1) is 11.8 Å². The number of carbonyl (C=O) groups is 2. The van der Waals surface area contributed by atoms with Crippen LogP contribution in [0.15, 0.2) is 0 Å². The molecular formula is C9H15KNa2O4. The van der Waals surface area contributed by atoms with Crippen LogP contribution in [-0.2, 0) is 9.59 Å². The van der Waals surface area contributed by atoms with Gasteiger partial charge in [-0.15, -0.1) is 0 Å². The van der Waals surface area contributed by atoms with E-state index in [0.29, 0.717) is 0 Å². The van der Waals surface area contributed by atoms with Crippen molar-refractivity contribution in [3.63, 3.8) is 0 Å². The van der Waals surface area contributed by atoms with Gasteiger partial charge in [0.15, 0.2) is 0 Å². The quantitative estimate of drug-likeness (QED) is 0.290. The molecule has 0 unspecified atom stereocenters. The first-order valence-electron chi connectivity index (χ1n) is 4.01. The molecule has 0 N–H and O–H groups in total. The number of hydrogen-bond donors (Lipinski definition) is 0. The van der Waals surface area contributed by atoms with E-state index < -0.39 is 17.4 Å². The van der Waals surface area contributed by atoms with Crippen LogP contribution in [0.5, 0.6) is 0 Å². The molecule has 0 aromatic heterocycles. The molecular weight excluding hydrogens is 257 g/mol. The Morgan fingerprint density at radius 3 is 1.31 bits per heavy atom. The van der Waals surface area contributed by atoms with Gasteiger partial charge in [0, 0.05) is 5.41 Å². The van der Waals surface area contributed by atoms with Gasteiger partial charge in [0.2, 0.25) is 0 Å². The molecule has 7 heteroatoms. The van der Waals surface area contributed by atoms with Gasteiger partial charge in [0.1, 0.15) is 0 Å². The molecule has 4 nitrogen and oxygen atoms in total. The van der Waals surface area contributed by atoms with Gasteiger partial charge in [-0.2, -0.15) is 13.3 Å². The fourth-order valence-corrected chi connectivity index (χ4v) is 0.0833. The first-order chi connectivity index (χ1) is 5.80. The Bertz CT molecular complexity index is 168. The van der Waals surface area contributed by atoms with Crippen LogP contribution in [0.2, 0.25) is 0 Å². The fourth-order valence-electron chi connectivity index (χ4n) is 0.0833. The molecule has 0 fully saturated rings. The summed E-state index contributed by atoms with van der Waals surface area (Å²) in [6.07, 6.45) is 3.32. The minimum Gasteiger partial charge on any atom is -0.549 e. The van der Waals surface area contributed by atoms with Crippen molar-refractivity contribution in [1.82, 2.24) is 0 Å². The minimum absolute atomic E-state index is 0. The molecule has 0 bridgehead atoms. The van der Waals surface area contributed by atoms with Crippen molar-refractivity contribution in [3.05, 3.63) is 6.42 Å². The predicted molar refractivity (Wildman–Crippen MR) is 44.1 cm³/mol. The summed E-state index contributed by atoms with van der Waals surface area (Å²) in [4.78, 5) is 19.9. The molecule has 78 valence electrons. The third kappa shape index (κ3) is 16.6. The number of carbonyl (C=O) groups excluding carboxylic acids is 2. The average Bonchev–Trinajstić information content (AvgIpc) is 2.04. The number of carboxylic acid groups (broad SMARTS) is 2. The van der Waals surface area contributed by atoms with Crippen LogP contribution < -0.4 is 121 Å². The van der Waals surface area contributed by atoms with Gasteiger partial charge in [0.25, 0.3) is 0 Å². The average molecular weight is 272 g/mol. The van der Waals surface area contributed by atoms with E-state index in [4.69, 9.17) is 0 Å². The Labute approximate surface area is 184 Å². The van der Waals surface area contributed by atoms with Crippen molar-refractivity contribution in [2.45, 2.75) is 34.1 Å².